The molecule has 1 aromatic heterocycles. The molecule has 1 aromatic carbocycles. The van der Waals surface area contributed by atoms with E-state index in [9.17, 15) is 8.42 Å². The largest absolute Gasteiger partial charge is 0.378 e. The Hall–Kier alpha value is -2.18. The molecule has 2 aliphatic rings. The first-order chi connectivity index (χ1) is 12.6. The van der Waals surface area contributed by atoms with Gasteiger partial charge in [0.05, 0.1) is 10.9 Å². The number of sulfonamides is 1. The summed E-state index contributed by atoms with van der Waals surface area (Å²) in [6.45, 7) is 2.40. The number of aromatic nitrogens is 1. The zero-order valence-electron chi connectivity index (χ0n) is 14.7. The fraction of sp³-hybridized carbons (Fsp3) is 0.350. The molecule has 26 heavy (non-hydrogen) atoms. The van der Waals surface area contributed by atoms with Gasteiger partial charge >= 0.3 is 0 Å². The van der Waals surface area contributed by atoms with Crippen LogP contribution in [-0.4, -0.2) is 19.9 Å². The van der Waals surface area contributed by atoms with Gasteiger partial charge in [0, 0.05) is 30.5 Å². The second-order valence-electron chi connectivity index (χ2n) is 6.91. The first-order valence-corrected chi connectivity index (χ1v) is 10.5. The van der Waals surface area contributed by atoms with Crippen LogP contribution < -0.4 is 10.0 Å². The third kappa shape index (κ3) is 3.04. The number of anilines is 1. The topological polar surface area (TPSA) is 71.1 Å². The Morgan fingerprint density at radius 2 is 2.19 bits per heavy atom. The summed E-state index contributed by atoms with van der Waals surface area (Å²) in [5.41, 5.74) is 3.22. The van der Waals surface area contributed by atoms with Crippen LogP contribution in [0.4, 0.5) is 5.69 Å². The highest BCUT2D eigenvalue weighted by molar-refractivity contribution is 7.89. The van der Waals surface area contributed by atoms with Gasteiger partial charge in [-0.2, -0.15) is 0 Å². The average molecular weight is 369 g/mol. The van der Waals surface area contributed by atoms with Gasteiger partial charge < -0.3 is 5.32 Å². The van der Waals surface area contributed by atoms with Crippen molar-refractivity contribution in [3.8, 4) is 0 Å². The van der Waals surface area contributed by atoms with Crippen molar-refractivity contribution < 1.29 is 8.42 Å². The van der Waals surface area contributed by atoms with E-state index in [1.807, 2.05) is 31.3 Å². The molecule has 3 atom stereocenters. The van der Waals surface area contributed by atoms with Gasteiger partial charge in [-0.3, -0.25) is 4.98 Å². The summed E-state index contributed by atoms with van der Waals surface area (Å²) in [5, 5.41) is 3.61. The van der Waals surface area contributed by atoms with Gasteiger partial charge in [-0.15, -0.1) is 0 Å². The highest BCUT2D eigenvalue weighted by atomic mass is 32.2. The molecule has 2 aromatic rings. The van der Waals surface area contributed by atoms with Gasteiger partial charge in [0.1, 0.15) is 0 Å². The predicted octanol–water partition coefficient (Wildman–Crippen LogP) is 3.60. The molecule has 5 nitrogen and oxygen atoms in total. The summed E-state index contributed by atoms with van der Waals surface area (Å²) in [4.78, 5) is 4.60. The van der Waals surface area contributed by atoms with Crippen molar-refractivity contribution in [1.29, 1.82) is 0 Å². The molecule has 2 N–H and O–H groups in total. The van der Waals surface area contributed by atoms with E-state index in [4.69, 9.17) is 0 Å². The lowest BCUT2D eigenvalue weighted by Gasteiger charge is -2.37. The number of rotatable bonds is 5. The van der Waals surface area contributed by atoms with E-state index in [1.165, 1.54) is 0 Å². The molecule has 136 valence electrons. The van der Waals surface area contributed by atoms with E-state index in [0.29, 0.717) is 17.4 Å². The lowest BCUT2D eigenvalue weighted by Crippen LogP contribution is -2.30. The SMILES string of the molecule is CCCNS(=O)(=O)c1ccc2c(c1)C1C=CCC1C(c1cccnc1)N2. The predicted molar refractivity (Wildman–Crippen MR) is 103 cm³/mol. The molecular weight excluding hydrogens is 346 g/mol. The molecule has 0 fully saturated rings. The van der Waals surface area contributed by atoms with Gasteiger partial charge in [-0.1, -0.05) is 25.1 Å². The van der Waals surface area contributed by atoms with E-state index in [-0.39, 0.29) is 12.0 Å². The molecule has 0 spiro atoms. The molecule has 0 amide bonds. The first kappa shape index (κ1) is 17.2. The quantitative estimate of drug-likeness (QED) is 0.790. The van der Waals surface area contributed by atoms with Crippen LogP contribution in [0.15, 0.2) is 59.8 Å². The van der Waals surface area contributed by atoms with E-state index < -0.39 is 10.0 Å². The lowest BCUT2D eigenvalue weighted by atomic mass is 9.77. The molecule has 4 rings (SSSR count). The fourth-order valence-corrected chi connectivity index (χ4v) is 5.12. The second kappa shape index (κ2) is 6.85. The van der Waals surface area contributed by atoms with Crippen LogP contribution >= 0.6 is 0 Å². The third-order valence-electron chi connectivity index (χ3n) is 5.23. The summed E-state index contributed by atoms with van der Waals surface area (Å²) in [5.74, 6) is 0.589. The number of nitrogens with zero attached hydrogens (tertiary/aromatic N) is 1. The lowest BCUT2D eigenvalue weighted by molar-refractivity contribution is 0.424. The summed E-state index contributed by atoms with van der Waals surface area (Å²) >= 11 is 0. The zero-order chi connectivity index (χ0) is 18.1. The Bertz CT molecular complexity index is 925. The van der Waals surface area contributed by atoms with Crippen molar-refractivity contribution in [3.05, 3.63) is 66.0 Å². The van der Waals surface area contributed by atoms with Crippen LogP contribution in [0.5, 0.6) is 0 Å². The number of hydrogen-bond donors (Lipinski definition) is 2. The Kier molecular flexibility index (Phi) is 4.54. The standard InChI is InChI=1S/C20H23N3O2S/c1-2-10-22-26(24,25)15-8-9-19-18(12-15)16-6-3-7-17(16)20(23-19)14-5-4-11-21-13-14/h3-6,8-9,11-13,16-17,20,22-23H,2,7,10H2,1H3. The number of hydrogen-bond acceptors (Lipinski definition) is 4. The van der Waals surface area contributed by atoms with E-state index in [0.717, 1.165) is 29.7 Å². The van der Waals surface area contributed by atoms with Gasteiger partial charge in [-0.05, 0) is 54.2 Å². The smallest absolute Gasteiger partial charge is 0.240 e. The fourth-order valence-electron chi connectivity index (χ4n) is 3.95. The number of pyridine rings is 1. The van der Waals surface area contributed by atoms with Crippen LogP contribution in [-0.2, 0) is 10.0 Å². The minimum Gasteiger partial charge on any atom is -0.378 e. The minimum atomic E-state index is -3.46. The van der Waals surface area contributed by atoms with Crippen LogP contribution in [0.2, 0.25) is 0 Å². The zero-order valence-corrected chi connectivity index (χ0v) is 15.5. The normalized spacial score (nSPS) is 24.0. The number of nitrogens with one attached hydrogen (secondary N) is 2. The summed E-state index contributed by atoms with van der Waals surface area (Å²) < 4.78 is 27.6. The van der Waals surface area contributed by atoms with Crippen LogP contribution in [0.25, 0.3) is 0 Å². The molecular formula is C20H23N3O2S. The maximum absolute atomic E-state index is 12.5. The van der Waals surface area contributed by atoms with E-state index in [2.05, 4.69) is 33.2 Å². The number of fused-ring (bicyclic) bond motifs is 3. The summed E-state index contributed by atoms with van der Waals surface area (Å²) in [7, 11) is -3.46. The molecule has 0 saturated heterocycles. The molecule has 6 heteroatoms. The maximum atomic E-state index is 12.5. The molecule has 0 saturated carbocycles. The van der Waals surface area contributed by atoms with Gasteiger partial charge in [0.15, 0.2) is 0 Å². The third-order valence-corrected chi connectivity index (χ3v) is 6.69. The van der Waals surface area contributed by atoms with Crippen molar-refractivity contribution in [2.24, 2.45) is 5.92 Å². The molecule has 0 radical (unpaired) electrons. The molecule has 1 aliphatic heterocycles. The summed E-state index contributed by atoms with van der Waals surface area (Å²) in [6, 6.07) is 9.63. The van der Waals surface area contributed by atoms with Crippen molar-refractivity contribution in [2.45, 2.75) is 36.6 Å². The van der Waals surface area contributed by atoms with Gasteiger partial charge in [0.2, 0.25) is 10.0 Å². The van der Waals surface area contributed by atoms with Crippen molar-refractivity contribution in [3.63, 3.8) is 0 Å². The number of benzene rings is 1. The number of allylic oxidation sites excluding steroid dienone is 2. The van der Waals surface area contributed by atoms with E-state index in [1.54, 1.807) is 12.3 Å². The van der Waals surface area contributed by atoms with Crippen molar-refractivity contribution in [1.82, 2.24) is 9.71 Å². The van der Waals surface area contributed by atoms with Crippen LogP contribution in [0.3, 0.4) is 0 Å². The molecule has 3 unspecified atom stereocenters. The first-order valence-electron chi connectivity index (χ1n) is 9.07. The molecule has 1 aliphatic carbocycles. The van der Waals surface area contributed by atoms with E-state index >= 15 is 0 Å². The summed E-state index contributed by atoms with van der Waals surface area (Å²) in [6.07, 6.45) is 9.85. The minimum absolute atomic E-state index is 0.178. The average Bonchev–Trinajstić information content (AvgIpc) is 3.16. The van der Waals surface area contributed by atoms with Crippen molar-refractivity contribution in [2.75, 3.05) is 11.9 Å². The van der Waals surface area contributed by atoms with Gasteiger partial charge in [0.25, 0.3) is 0 Å². The molecule has 0 bridgehead atoms. The Morgan fingerprint density at radius 3 is 2.96 bits per heavy atom. The Labute approximate surface area is 154 Å². The van der Waals surface area contributed by atoms with Crippen LogP contribution in [0.1, 0.15) is 42.9 Å². The van der Waals surface area contributed by atoms with Gasteiger partial charge in [-0.25, -0.2) is 13.1 Å². The second-order valence-corrected chi connectivity index (χ2v) is 8.68. The maximum Gasteiger partial charge on any atom is 0.240 e. The van der Waals surface area contributed by atoms with Crippen molar-refractivity contribution >= 4 is 15.7 Å². The molecule has 2 heterocycles. The highest BCUT2D eigenvalue weighted by Crippen LogP contribution is 2.50. The van der Waals surface area contributed by atoms with Crippen LogP contribution in [0, 0.1) is 5.92 Å². The highest BCUT2D eigenvalue weighted by Gasteiger charge is 2.38. The Morgan fingerprint density at radius 1 is 1.31 bits per heavy atom. The monoisotopic (exact) mass is 369 g/mol. The Balaban J connectivity index is 1.71.